The summed E-state index contributed by atoms with van der Waals surface area (Å²) in [7, 11) is -5.76. The van der Waals surface area contributed by atoms with E-state index in [0.717, 1.165) is 12.1 Å². The molecule has 0 unspecified atom stereocenters. The van der Waals surface area contributed by atoms with Crippen LogP contribution in [-0.2, 0) is 20.9 Å². The molecule has 25 heavy (non-hydrogen) atoms. The molecule has 134 valence electrons. The highest BCUT2D eigenvalue weighted by Gasteiger charge is 2.75. The van der Waals surface area contributed by atoms with Gasteiger partial charge in [-0.25, -0.2) is 9.78 Å². The van der Waals surface area contributed by atoms with Crippen LogP contribution in [0.5, 0.6) is 0 Å². The number of rotatable bonds is 4. The van der Waals surface area contributed by atoms with Gasteiger partial charge in [0.15, 0.2) is 11.4 Å². The smallest absolute Gasteiger partial charge is 0.213 e. The number of alkyl halides is 7. The lowest BCUT2D eigenvalue weighted by atomic mass is 10.1. The lowest BCUT2D eigenvalue weighted by Gasteiger charge is -2.27. The Labute approximate surface area is 132 Å². The number of isocyanates is 1. The van der Waals surface area contributed by atoms with Gasteiger partial charge in [0.1, 0.15) is 12.1 Å². The van der Waals surface area contributed by atoms with Crippen LogP contribution in [0.4, 0.5) is 30.7 Å². The van der Waals surface area contributed by atoms with Crippen molar-refractivity contribution in [3.8, 4) is 12.1 Å². The molecule has 0 saturated carbocycles. The van der Waals surface area contributed by atoms with Crippen LogP contribution in [0.25, 0.3) is 0 Å². The molecular weight excluding hydrogens is 391 g/mol. The fourth-order valence-corrected chi connectivity index (χ4v) is 2.32. The summed E-state index contributed by atoms with van der Waals surface area (Å²) < 4.78 is 114. The molecule has 0 aliphatic rings. The van der Waals surface area contributed by atoms with Gasteiger partial charge in [-0.2, -0.15) is 53.6 Å². The molecule has 0 N–H and O–H groups in total. The molecule has 1 aromatic heterocycles. The van der Waals surface area contributed by atoms with Crippen LogP contribution in [0.3, 0.4) is 0 Å². The fourth-order valence-electron chi connectivity index (χ4n) is 1.41. The van der Waals surface area contributed by atoms with Crippen LogP contribution in [-0.4, -0.2) is 35.6 Å². The number of hydrogen-bond acceptors (Lipinski definition) is 6. The Morgan fingerprint density at radius 1 is 1.04 bits per heavy atom. The van der Waals surface area contributed by atoms with Crippen LogP contribution in [0.2, 0.25) is 0 Å². The summed E-state index contributed by atoms with van der Waals surface area (Å²) in [5.41, 5.74) is -3.17. The zero-order chi connectivity index (χ0) is 19.8. The first-order chi connectivity index (χ1) is 11.2. The standard InChI is InChI=1S/C9F7N5O3S/c10-7(11,8(12,13)9(14,15)16)6-20-4(1-17)5(2-18)21(6)25(23,24)19-3-22. The lowest BCUT2D eigenvalue weighted by molar-refractivity contribution is -0.361. The van der Waals surface area contributed by atoms with Crippen molar-refractivity contribution >= 4 is 16.3 Å². The van der Waals surface area contributed by atoms with Gasteiger partial charge in [0.2, 0.25) is 5.82 Å². The molecule has 0 spiro atoms. The third kappa shape index (κ3) is 2.92. The van der Waals surface area contributed by atoms with Gasteiger partial charge in [0, 0.05) is 0 Å². The maximum atomic E-state index is 13.8. The Kier molecular flexibility index (Phi) is 4.68. The molecule has 0 atom stereocenters. The predicted octanol–water partition coefficient (Wildman–Crippen LogP) is 1.34. The molecule has 0 amide bonds. The van der Waals surface area contributed by atoms with Crippen molar-refractivity contribution in [2.75, 3.05) is 0 Å². The van der Waals surface area contributed by atoms with Crippen molar-refractivity contribution in [3.63, 3.8) is 0 Å². The van der Waals surface area contributed by atoms with Crippen LogP contribution >= 0.6 is 0 Å². The Hall–Kier alpha value is -2.97. The molecule has 0 saturated heterocycles. The molecule has 1 heterocycles. The van der Waals surface area contributed by atoms with Crippen molar-refractivity contribution < 1.29 is 43.9 Å². The number of halogens is 7. The Bertz CT molecular complexity index is 944. The van der Waals surface area contributed by atoms with E-state index in [-0.39, 0.29) is 0 Å². The lowest BCUT2D eigenvalue weighted by Crippen LogP contribution is -2.51. The number of aromatic nitrogens is 2. The van der Waals surface area contributed by atoms with Gasteiger partial charge in [-0.3, -0.25) is 0 Å². The second-order valence-electron chi connectivity index (χ2n) is 3.93. The van der Waals surface area contributed by atoms with E-state index in [1.807, 2.05) is 4.40 Å². The Balaban J connectivity index is 4.04. The van der Waals surface area contributed by atoms with Gasteiger partial charge >= 0.3 is 28.2 Å². The molecular formula is C9F7N5O3S. The van der Waals surface area contributed by atoms with Crippen molar-refractivity contribution in [1.82, 2.24) is 8.96 Å². The van der Waals surface area contributed by atoms with Crippen LogP contribution in [0.15, 0.2) is 4.40 Å². The zero-order valence-electron chi connectivity index (χ0n) is 11.0. The first-order valence-corrected chi connectivity index (χ1v) is 6.69. The summed E-state index contributed by atoms with van der Waals surface area (Å²) >= 11 is 0. The summed E-state index contributed by atoms with van der Waals surface area (Å²) in [5, 5.41) is 17.3. The van der Waals surface area contributed by atoms with Crippen LogP contribution in [0, 0.1) is 22.7 Å². The molecule has 1 rings (SSSR count). The SMILES string of the molecule is N#Cc1nc(C(F)(F)C(F)(F)C(F)(F)F)n(S(=O)(=O)N=C=O)c1C#N. The summed E-state index contributed by atoms with van der Waals surface area (Å²) in [6, 6.07) is 1.68. The van der Waals surface area contributed by atoms with Crippen molar-refractivity contribution in [3.05, 3.63) is 17.2 Å². The molecule has 0 bridgehead atoms. The quantitative estimate of drug-likeness (QED) is 0.433. The topological polar surface area (TPSA) is 129 Å². The first kappa shape index (κ1) is 20.1. The molecule has 1 aromatic rings. The Morgan fingerprint density at radius 3 is 1.92 bits per heavy atom. The highest BCUT2D eigenvalue weighted by atomic mass is 32.2. The third-order valence-electron chi connectivity index (χ3n) is 2.46. The van der Waals surface area contributed by atoms with E-state index in [0.29, 0.717) is 6.08 Å². The average molecular weight is 391 g/mol. The summed E-state index contributed by atoms with van der Waals surface area (Å²) in [5.74, 6) is -16.0. The number of nitrogens with zero attached hydrogens (tertiary/aromatic N) is 5. The van der Waals surface area contributed by atoms with Crippen molar-refractivity contribution in [2.45, 2.75) is 18.0 Å². The van der Waals surface area contributed by atoms with Gasteiger partial charge in [-0.1, -0.05) is 4.40 Å². The van der Waals surface area contributed by atoms with Crippen LogP contribution < -0.4 is 0 Å². The van der Waals surface area contributed by atoms with Gasteiger partial charge in [-0.15, -0.1) is 0 Å². The largest absolute Gasteiger partial charge is 0.460 e. The number of nitriles is 2. The minimum absolute atomic E-state index is 0.324. The molecule has 0 aromatic carbocycles. The molecule has 0 fully saturated rings. The maximum absolute atomic E-state index is 13.8. The summed E-state index contributed by atoms with van der Waals surface area (Å²) in [6.45, 7) is 0. The van der Waals surface area contributed by atoms with Crippen molar-refractivity contribution in [1.29, 1.82) is 10.5 Å². The summed E-state index contributed by atoms with van der Waals surface area (Å²) in [4.78, 5) is 12.4. The molecule has 8 nitrogen and oxygen atoms in total. The number of hydrogen-bond donors (Lipinski definition) is 0. The van der Waals surface area contributed by atoms with Crippen molar-refractivity contribution in [2.24, 2.45) is 4.40 Å². The van der Waals surface area contributed by atoms with E-state index >= 15 is 0 Å². The van der Waals surface area contributed by atoms with Gasteiger partial charge in [0.25, 0.3) is 6.08 Å². The predicted molar refractivity (Wildman–Crippen MR) is 59.0 cm³/mol. The zero-order valence-corrected chi connectivity index (χ0v) is 11.8. The van der Waals surface area contributed by atoms with E-state index in [1.54, 1.807) is 0 Å². The maximum Gasteiger partial charge on any atom is 0.460 e. The average Bonchev–Trinajstić information content (AvgIpc) is 2.85. The van der Waals surface area contributed by atoms with Gasteiger partial charge in [-0.05, 0) is 0 Å². The van der Waals surface area contributed by atoms with E-state index in [1.165, 1.54) is 0 Å². The number of imidazole rings is 1. The third-order valence-corrected chi connectivity index (χ3v) is 3.59. The van der Waals surface area contributed by atoms with E-state index in [2.05, 4.69) is 4.98 Å². The van der Waals surface area contributed by atoms with E-state index in [9.17, 15) is 43.9 Å². The fraction of sp³-hybridized carbons (Fsp3) is 0.333. The molecule has 16 heteroatoms. The van der Waals surface area contributed by atoms with E-state index < -0.39 is 49.4 Å². The molecule has 0 aliphatic carbocycles. The van der Waals surface area contributed by atoms with Gasteiger partial charge < -0.3 is 0 Å². The minimum Gasteiger partial charge on any atom is -0.213 e. The number of carbonyl (C=O) groups excluding carboxylic acids is 1. The monoisotopic (exact) mass is 391 g/mol. The highest BCUT2D eigenvalue weighted by molar-refractivity contribution is 7.88. The normalized spacial score (nSPS) is 12.8. The van der Waals surface area contributed by atoms with Crippen LogP contribution in [0.1, 0.15) is 17.2 Å². The Morgan fingerprint density at radius 2 is 1.56 bits per heavy atom. The highest BCUT2D eigenvalue weighted by Crippen LogP contribution is 2.51. The molecule has 0 radical (unpaired) electrons. The second kappa shape index (κ2) is 5.83. The van der Waals surface area contributed by atoms with Gasteiger partial charge in [0.05, 0.1) is 0 Å². The van der Waals surface area contributed by atoms with E-state index in [4.69, 9.17) is 10.5 Å². The second-order valence-corrected chi connectivity index (χ2v) is 5.37. The summed E-state index contributed by atoms with van der Waals surface area (Å²) in [6.07, 6.45) is -6.53. The first-order valence-electron chi connectivity index (χ1n) is 5.29. The molecule has 0 aliphatic heterocycles. The minimum atomic E-state index is -6.86.